The maximum atomic E-state index is 6.36. The lowest BCUT2D eigenvalue weighted by Crippen LogP contribution is -2.24. The van der Waals surface area contributed by atoms with Gasteiger partial charge in [0.1, 0.15) is 0 Å². The van der Waals surface area contributed by atoms with Crippen LogP contribution in [0.3, 0.4) is 0 Å². The summed E-state index contributed by atoms with van der Waals surface area (Å²) in [6.07, 6.45) is 6.45. The van der Waals surface area contributed by atoms with Gasteiger partial charge in [-0.2, -0.15) is 0 Å². The molecular formula is C15H21ClN2. The lowest BCUT2D eigenvalue weighted by Gasteiger charge is -2.24. The van der Waals surface area contributed by atoms with Crippen LogP contribution in [0.1, 0.15) is 31.9 Å². The predicted octanol–water partition coefficient (Wildman–Crippen LogP) is 3.47. The van der Waals surface area contributed by atoms with Crippen LogP contribution < -0.4 is 10.2 Å². The van der Waals surface area contributed by atoms with Gasteiger partial charge in [-0.3, -0.25) is 0 Å². The van der Waals surface area contributed by atoms with E-state index in [-0.39, 0.29) is 0 Å². The first-order valence-corrected chi connectivity index (χ1v) is 6.67. The van der Waals surface area contributed by atoms with Gasteiger partial charge < -0.3 is 10.2 Å². The first kappa shape index (κ1) is 14.9. The van der Waals surface area contributed by atoms with E-state index in [1.165, 1.54) is 5.56 Å². The van der Waals surface area contributed by atoms with Crippen molar-refractivity contribution in [2.75, 3.05) is 25.0 Å². The summed E-state index contributed by atoms with van der Waals surface area (Å²) in [4.78, 5) is 2.14. The van der Waals surface area contributed by atoms with Gasteiger partial charge in [-0.1, -0.05) is 30.5 Å². The van der Waals surface area contributed by atoms with E-state index in [2.05, 4.69) is 42.1 Å². The van der Waals surface area contributed by atoms with E-state index in [1.54, 1.807) is 0 Å². The topological polar surface area (TPSA) is 15.3 Å². The van der Waals surface area contributed by atoms with Crippen LogP contribution in [-0.4, -0.2) is 20.1 Å². The van der Waals surface area contributed by atoms with Crippen LogP contribution in [0.25, 0.3) is 0 Å². The van der Waals surface area contributed by atoms with Crippen molar-refractivity contribution in [2.45, 2.75) is 26.3 Å². The lowest BCUT2D eigenvalue weighted by molar-refractivity contribution is 0.652. The van der Waals surface area contributed by atoms with Crippen molar-refractivity contribution in [2.24, 2.45) is 0 Å². The average Bonchev–Trinajstić information content (AvgIpc) is 2.37. The molecule has 0 aromatic heterocycles. The molecule has 0 spiro atoms. The monoisotopic (exact) mass is 264 g/mol. The Morgan fingerprint density at radius 1 is 1.50 bits per heavy atom. The minimum Gasteiger partial charge on any atom is -0.359 e. The largest absolute Gasteiger partial charge is 0.359 e. The normalized spacial score (nSPS) is 11.9. The average molecular weight is 265 g/mol. The number of rotatable bonds is 6. The highest BCUT2D eigenvalue weighted by Crippen LogP contribution is 2.29. The van der Waals surface area contributed by atoms with Gasteiger partial charge in [0.2, 0.25) is 0 Å². The lowest BCUT2D eigenvalue weighted by atomic mass is 10.1. The Balaban J connectivity index is 2.99. The Kier molecular flexibility index (Phi) is 6.04. The van der Waals surface area contributed by atoms with E-state index in [9.17, 15) is 0 Å². The van der Waals surface area contributed by atoms with Crippen LogP contribution in [0.4, 0.5) is 5.69 Å². The molecule has 1 aromatic rings. The van der Waals surface area contributed by atoms with Crippen LogP contribution >= 0.6 is 11.6 Å². The molecule has 0 bridgehead atoms. The number of nitrogens with one attached hydrogen (secondary N) is 1. The molecule has 0 aliphatic rings. The molecule has 2 nitrogen and oxygen atoms in total. The predicted molar refractivity (Wildman–Crippen MR) is 80.3 cm³/mol. The molecule has 0 saturated carbocycles. The number of hydrogen-bond donors (Lipinski definition) is 1. The van der Waals surface area contributed by atoms with E-state index >= 15 is 0 Å². The van der Waals surface area contributed by atoms with E-state index in [0.717, 1.165) is 23.7 Å². The summed E-state index contributed by atoms with van der Waals surface area (Å²) in [6, 6.07) is 6.46. The number of benzene rings is 1. The molecule has 0 fully saturated rings. The highest BCUT2D eigenvalue weighted by atomic mass is 35.5. The van der Waals surface area contributed by atoms with Crippen LogP contribution in [0, 0.1) is 12.3 Å². The van der Waals surface area contributed by atoms with Crippen molar-refractivity contribution in [3.8, 4) is 12.3 Å². The summed E-state index contributed by atoms with van der Waals surface area (Å²) in [5, 5.41) is 3.97. The third kappa shape index (κ3) is 3.66. The van der Waals surface area contributed by atoms with Crippen LogP contribution in [0.15, 0.2) is 18.2 Å². The Bertz CT molecular complexity index is 423. The molecular weight excluding hydrogens is 244 g/mol. The molecule has 1 rings (SSSR count). The van der Waals surface area contributed by atoms with Crippen LogP contribution in [0.2, 0.25) is 5.02 Å². The molecule has 0 aliphatic heterocycles. The zero-order valence-electron chi connectivity index (χ0n) is 11.3. The van der Waals surface area contributed by atoms with Gasteiger partial charge in [0.25, 0.3) is 0 Å². The molecule has 3 heteroatoms. The first-order valence-electron chi connectivity index (χ1n) is 6.29. The molecule has 0 saturated heterocycles. The van der Waals surface area contributed by atoms with Gasteiger partial charge in [-0.15, -0.1) is 6.42 Å². The maximum Gasteiger partial charge on any atom is 0.0792 e. The van der Waals surface area contributed by atoms with Crippen molar-refractivity contribution in [3.05, 3.63) is 28.8 Å². The summed E-state index contributed by atoms with van der Waals surface area (Å²) < 4.78 is 0. The fourth-order valence-corrected chi connectivity index (χ4v) is 2.19. The van der Waals surface area contributed by atoms with Crippen molar-refractivity contribution in [3.63, 3.8) is 0 Å². The van der Waals surface area contributed by atoms with Gasteiger partial charge in [-0.25, -0.2) is 0 Å². The third-order valence-electron chi connectivity index (χ3n) is 3.02. The van der Waals surface area contributed by atoms with Gasteiger partial charge >= 0.3 is 0 Å². The molecule has 1 N–H and O–H groups in total. The Labute approximate surface area is 115 Å². The van der Waals surface area contributed by atoms with Crippen molar-refractivity contribution < 1.29 is 0 Å². The molecule has 98 valence electrons. The van der Waals surface area contributed by atoms with Gasteiger partial charge in [0, 0.05) is 12.6 Å². The minimum absolute atomic E-state index is 0.295. The number of hydrogen-bond acceptors (Lipinski definition) is 2. The number of halogens is 1. The standard InChI is InChI=1S/C15H21ClN2/c1-5-9-18(10-6-2)15-8-7-13(11-14(15)16)12(3)17-4/h1,7-8,11-12,17H,6,9-10H2,2-4H3. The number of terminal acetylenes is 1. The highest BCUT2D eigenvalue weighted by Gasteiger charge is 2.11. The molecule has 0 heterocycles. The summed E-state index contributed by atoms with van der Waals surface area (Å²) in [7, 11) is 1.94. The van der Waals surface area contributed by atoms with Gasteiger partial charge in [-0.05, 0) is 38.1 Å². The summed E-state index contributed by atoms with van der Waals surface area (Å²) in [5.74, 6) is 2.68. The molecule has 1 unspecified atom stereocenters. The first-order chi connectivity index (χ1) is 8.63. The van der Waals surface area contributed by atoms with Crippen LogP contribution in [-0.2, 0) is 0 Å². The third-order valence-corrected chi connectivity index (χ3v) is 3.32. The quantitative estimate of drug-likeness (QED) is 0.792. The summed E-state index contributed by atoms with van der Waals surface area (Å²) in [6.45, 7) is 5.75. The fraction of sp³-hybridized carbons (Fsp3) is 0.467. The van der Waals surface area contributed by atoms with Crippen molar-refractivity contribution in [1.82, 2.24) is 5.32 Å². The zero-order valence-corrected chi connectivity index (χ0v) is 12.1. The second-order valence-corrected chi connectivity index (χ2v) is 4.75. The smallest absolute Gasteiger partial charge is 0.0792 e. The molecule has 0 radical (unpaired) electrons. The minimum atomic E-state index is 0.295. The molecule has 0 aliphatic carbocycles. The number of nitrogens with zero attached hydrogens (tertiary/aromatic N) is 1. The highest BCUT2D eigenvalue weighted by molar-refractivity contribution is 6.33. The van der Waals surface area contributed by atoms with Gasteiger partial charge in [0.05, 0.1) is 17.3 Å². The second-order valence-electron chi connectivity index (χ2n) is 4.35. The second kappa shape index (κ2) is 7.31. The number of anilines is 1. The van der Waals surface area contributed by atoms with E-state index in [4.69, 9.17) is 18.0 Å². The van der Waals surface area contributed by atoms with Crippen molar-refractivity contribution >= 4 is 17.3 Å². The van der Waals surface area contributed by atoms with E-state index in [1.807, 2.05) is 13.1 Å². The van der Waals surface area contributed by atoms with Crippen molar-refractivity contribution in [1.29, 1.82) is 0 Å². The zero-order chi connectivity index (χ0) is 13.5. The maximum absolute atomic E-state index is 6.36. The Morgan fingerprint density at radius 3 is 2.72 bits per heavy atom. The summed E-state index contributed by atoms with van der Waals surface area (Å²) >= 11 is 6.36. The fourth-order valence-electron chi connectivity index (χ4n) is 1.88. The molecule has 0 amide bonds. The van der Waals surface area contributed by atoms with Crippen LogP contribution in [0.5, 0.6) is 0 Å². The van der Waals surface area contributed by atoms with Gasteiger partial charge in [0.15, 0.2) is 0 Å². The Morgan fingerprint density at radius 2 is 2.22 bits per heavy atom. The molecule has 1 aromatic carbocycles. The Hall–Kier alpha value is -1.17. The molecule has 18 heavy (non-hydrogen) atoms. The summed E-state index contributed by atoms with van der Waals surface area (Å²) in [5.41, 5.74) is 2.20. The van der Waals surface area contributed by atoms with E-state index < -0.39 is 0 Å². The molecule has 1 atom stereocenters. The SMILES string of the molecule is C#CCN(CCC)c1ccc(C(C)NC)cc1Cl. The van der Waals surface area contributed by atoms with E-state index in [0.29, 0.717) is 12.6 Å².